The molecule has 1 aromatic heterocycles. The first-order valence-electron chi connectivity index (χ1n) is 5.37. The summed E-state index contributed by atoms with van der Waals surface area (Å²) in [6.07, 6.45) is 3.51. The van der Waals surface area contributed by atoms with Crippen LogP contribution in [-0.4, -0.2) is 12.0 Å². The van der Waals surface area contributed by atoms with Crippen LogP contribution in [0, 0.1) is 18.3 Å². The van der Waals surface area contributed by atoms with E-state index in [1.807, 2.05) is 49.2 Å². The Labute approximate surface area is 101 Å². The van der Waals surface area contributed by atoms with Crippen LogP contribution in [0.1, 0.15) is 11.1 Å². The number of benzene rings is 1. The summed E-state index contributed by atoms with van der Waals surface area (Å²) in [5, 5.41) is 9.15. The fourth-order valence-corrected chi connectivity index (χ4v) is 1.72. The van der Waals surface area contributed by atoms with Crippen molar-refractivity contribution in [3.63, 3.8) is 0 Å². The number of aromatic nitrogens is 1. The predicted molar refractivity (Wildman–Crippen MR) is 68.2 cm³/mol. The summed E-state index contributed by atoms with van der Waals surface area (Å²) in [5.74, 6) is 0. The predicted octanol–water partition coefficient (Wildman–Crippen LogP) is 3.03. The summed E-state index contributed by atoms with van der Waals surface area (Å²) in [4.78, 5) is 6.04. The summed E-state index contributed by atoms with van der Waals surface area (Å²) in [6, 6.07) is 11.9. The first kappa shape index (κ1) is 11.2. The molecule has 0 amide bonds. The zero-order valence-corrected chi connectivity index (χ0v) is 9.88. The maximum absolute atomic E-state index is 9.15. The molecule has 0 spiro atoms. The van der Waals surface area contributed by atoms with E-state index in [2.05, 4.69) is 11.1 Å². The van der Waals surface area contributed by atoms with Crippen molar-refractivity contribution in [3.8, 4) is 6.07 Å². The van der Waals surface area contributed by atoms with Gasteiger partial charge in [0.25, 0.3) is 0 Å². The maximum atomic E-state index is 9.15. The number of nitriles is 1. The Morgan fingerprint density at radius 2 is 2.12 bits per heavy atom. The van der Waals surface area contributed by atoms with Gasteiger partial charge in [-0.2, -0.15) is 5.26 Å². The second-order valence-corrected chi connectivity index (χ2v) is 3.90. The molecule has 0 saturated heterocycles. The zero-order valence-electron chi connectivity index (χ0n) is 9.88. The lowest BCUT2D eigenvalue weighted by Crippen LogP contribution is -2.11. The molecule has 0 atom stereocenters. The number of pyridine rings is 1. The van der Waals surface area contributed by atoms with Crippen molar-refractivity contribution in [2.75, 3.05) is 11.9 Å². The van der Waals surface area contributed by atoms with Gasteiger partial charge in [-0.15, -0.1) is 0 Å². The molecular weight excluding hydrogens is 210 g/mol. The summed E-state index contributed by atoms with van der Waals surface area (Å²) in [5.41, 5.74) is 3.63. The van der Waals surface area contributed by atoms with Crippen molar-refractivity contribution in [3.05, 3.63) is 53.9 Å². The Balaban J connectivity index is 2.45. The van der Waals surface area contributed by atoms with Crippen LogP contribution in [0.4, 0.5) is 11.4 Å². The van der Waals surface area contributed by atoms with E-state index < -0.39 is 0 Å². The van der Waals surface area contributed by atoms with E-state index in [1.165, 1.54) is 0 Å². The van der Waals surface area contributed by atoms with Gasteiger partial charge in [-0.3, -0.25) is 4.98 Å². The van der Waals surface area contributed by atoms with Crippen molar-refractivity contribution < 1.29 is 0 Å². The van der Waals surface area contributed by atoms with Crippen molar-refractivity contribution in [1.29, 1.82) is 5.26 Å². The van der Waals surface area contributed by atoms with Gasteiger partial charge in [0.1, 0.15) is 6.07 Å². The van der Waals surface area contributed by atoms with Crippen LogP contribution < -0.4 is 4.90 Å². The van der Waals surface area contributed by atoms with Gasteiger partial charge in [-0.25, -0.2) is 0 Å². The van der Waals surface area contributed by atoms with Crippen LogP contribution in [0.15, 0.2) is 42.7 Å². The molecular formula is C14H13N3. The fraction of sp³-hybridized carbons (Fsp3) is 0.143. The average molecular weight is 223 g/mol. The minimum Gasteiger partial charge on any atom is -0.342 e. The Morgan fingerprint density at radius 3 is 2.76 bits per heavy atom. The van der Waals surface area contributed by atoms with Gasteiger partial charge in [0.2, 0.25) is 0 Å². The highest BCUT2D eigenvalue weighted by molar-refractivity contribution is 5.68. The molecule has 0 bridgehead atoms. The largest absolute Gasteiger partial charge is 0.342 e. The number of hydrogen-bond acceptors (Lipinski definition) is 3. The fourth-order valence-electron chi connectivity index (χ4n) is 1.72. The van der Waals surface area contributed by atoms with E-state index in [0.717, 1.165) is 16.9 Å². The summed E-state index contributed by atoms with van der Waals surface area (Å²) >= 11 is 0. The minimum absolute atomic E-state index is 0.677. The molecule has 3 nitrogen and oxygen atoms in total. The molecule has 3 heteroatoms. The molecule has 0 aliphatic carbocycles. The molecule has 0 N–H and O–H groups in total. The van der Waals surface area contributed by atoms with Gasteiger partial charge in [0.15, 0.2) is 0 Å². The molecule has 0 fully saturated rings. The summed E-state index contributed by atoms with van der Waals surface area (Å²) < 4.78 is 0. The molecule has 1 heterocycles. The van der Waals surface area contributed by atoms with Gasteiger partial charge in [-0.05, 0) is 36.8 Å². The molecule has 0 radical (unpaired) electrons. The number of hydrogen-bond donors (Lipinski definition) is 0. The van der Waals surface area contributed by atoms with Gasteiger partial charge >= 0.3 is 0 Å². The van der Waals surface area contributed by atoms with E-state index in [-0.39, 0.29) is 0 Å². The highest BCUT2D eigenvalue weighted by atomic mass is 15.1. The quantitative estimate of drug-likeness (QED) is 0.785. The summed E-state index contributed by atoms with van der Waals surface area (Å²) in [6.45, 7) is 1.98. The zero-order chi connectivity index (χ0) is 12.3. The van der Waals surface area contributed by atoms with Gasteiger partial charge in [-0.1, -0.05) is 6.07 Å². The first-order chi connectivity index (χ1) is 8.22. The number of aryl methyl sites for hydroxylation is 1. The second kappa shape index (κ2) is 4.67. The monoisotopic (exact) mass is 223 g/mol. The van der Waals surface area contributed by atoms with Crippen LogP contribution in [0.3, 0.4) is 0 Å². The third-order valence-corrected chi connectivity index (χ3v) is 2.67. The lowest BCUT2D eigenvalue weighted by Gasteiger charge is -2.20. The highest BCUT2D eigenvalue weighted by Crippen LogP contribution is 2.26. The van der Waals surface area contributed by atoms with E-state index in [9.17, 15) is 0 Å². The molecule has 0 unspecified atom stereocenters. The Morgan fingerprint density at radius 1 is 1.29 bits per heavy atom. The van der Waals surface area contributed by atoms with Crippen LogP contribution >= 0.6 is 0 Å². The molecule has 0 aliphatic heterocycles. The van der Waals surface area contributed by atoms with Crippen molar-refractivity contribution >= 4 is 11.4 Å². The third kappa shape index (κ3) is 2.26. The molecule has 2 aromatic rings. The van der Waals surface area contributed by atoms with Crippen molar-refractivity contribution in [1.82, 2.24) is 4.98 Å². The molecule has 2 rings (SSSR count). The van der Waals surface area contributed by atoms with E-state index in [4.69, 9.17) is 5.26 Å². The summed E-state index contributed by atoms with van der Waals surface area (Å²) in [7, 11) is 1.93. The smallest absolute Gasteiger partial charge is 0.101 e. The van der Waals surface area contributed by atoms with Crippen LogP contribution in [0.25, 0.3) is 0 Å². The molecule has 84 valence electrons. The molecule has 1 aromatic carbocycles. The standard InChI is InChI=1S/C14H13N3/c1-11-5-6-14(12(8-11)9-15)17(2)13-4-3-7-16-10-13/h3-8,10H,1-2H3. The second-order valence-electron chi connectivity index (χ2n) is 3.90. The molecule has 0 saturated carbocycles. The van der Waals surface area contributed by atoms with Gasteiger partial charge in [0, 0.05) is 13.2 Å². The Kier molecular flexibility index (Phi) is 3.06. The van der Waals surface area contributed by atoms with E-state index in [0.29, 0.717) is 5.56 Å². The molecule has 0 aliphatic rings. The van der Waals surface area contributed by atoms with E-state index >= 15 is 0 Å². The molecule has 17 heavy (non-hydrogen) atoms. The maximum Gasteiger partial charge on any atom is 0.101 e. The number of anilines is 2. The lowest BCUT2D eigenvalue weighted by molar-refractivity contribution is 1.16. The first-order valence-corrected chi connectivity index (χ1v) is 5.37. The van der Waals surface area contributed by atoms with Crippen LogP contribution in [0.5, 0.6) is 0 Å². The lowest BCUT2D eigenvalue weighted by atomic mass is 10.1. The topological polar surface area (TPSA) is 39.9 Å². The number of nitrogens with zero attached hydrogens (tertiary/aromatic N) is 3. The average Bonchev–Trinajstić information content (AvgIpc) is 2.39. The van der Waals surface area contributed by atoms with E-state index in [1.54, 1.807) is 12.4 Å². The van der Waals surface area contributed by atoms with Crippen LogP contribution in [0.2, 0.25) is 0 Å². The highest BCUT2D eigenvalue weighted by Gasteiger charge is 2.09. The third-order valence-electron chi connectivity index (χ3n) is 2.67. The Bertz CT molecular complexity index is 555. The normalized spacial score (nSPS) is 9.71. The number of rotatable bonds is 2. The van der Waals surface area contributed by atoms with Crippen LogP contribution in [-0.2, 0) is 0 Å². The minimum atomic E-state index is 0.677. The van der Waals surface area contributed by atoms with Crippen molar-refractivity contribution in [2.45, 2.75) is 6.92 Å². The SMILES string of the molecule is Cc1ccc(N(C)c2cccnc2)c(C#N)c1. The van der Waals surface area contributed by atoms with Gasteiger partial charge in [0.05, 0.1) is 23.1 Å². The van der Waals surface area contributed by atoms with Gasteiger partial charge < -0.3 is 4.90 Å². The van der Waals surface area contributed by atoms with Crippen molar-refractivity contribution in [2.24, 2.45) is 0 Å². The Hall–Kier alpha value is -2.34.